The summed E-state index contributed by atoms with van der Waals surface area (Å²) in [5.74, 6) is -0.752. The van der Waals surface area contributed by atoms with Gasteiger partial charge in [0.15, 0.2) is 0 Å². The van der Waals surface area contributed by atoms with Gasteiger partial charge < -0.3 is 15.8 Å². The fraction of sp³-hybridized carbons (Fsp3) is 0.500. The summed E-state index contributed by atoms with van der Waals surface area (Å²) in [6, 6.07) is 4.11. The van der Waals surface area contributed by atoms with E-state index in [9.17, 15) is 9.18 Å². The molecule has 0 radical (unpaired) electrons. The Kier molecular flexibility index (Phi) is 4.25. The molecule has 1 amide bonds. The number of hydrogen-bond acceptors (Lipinski definition) is 4. The zero-order valence-corrected chi connectivity index (χ0v) is 11.8. The minimum absolute atomic E-state index is 0.112. The molecule has 1 aromatic carbocycles. The molecule has 1 saturated heterocycles. The molecule has 20 heavy (non-hydrogen) atoms. The monoisotopic (exact) mass is 281 g/mol. The van der Waals surface area contributed by atoms with Gasteiger partial charge in [0.1, 0.15) is 5.82 Å². The second-order valence-corrected chi connectivity index (χ2v) is 5.57. The summed E-state index contributed by atoms with van der Waals surface area (Å²) in [5, 5.41) is 2.56. The summed E-state index contributed by atoms with van der Waals surface area (Å²) in [5.41, 5.74) is 5.90. The maximum absolute atomic E-state index is 13.6. The highest BCUT2D eigenvalue weighted by Crippen LogP contribution is 2.20. The van der Waals surface area contributed by atoms with Crippen LogP contribution in [0, 0.1) is 5.82 Å². The van der Waals surface area contributed by atoms with E-state index < -0.39 is 5.82 Å². The van der Waals surface area contributed by atoms with E-state index in [4.69, 9.17) is 10.5 Å². The number of morpholine rings is 1. The van der Waals surface area contributed by atoms with Gasteiger partial charge in [-0.1, -0.05) is 0 Å². The van der Waals surface area contributed by atoms with Crippen molar-refractivity contribution >= 4 is 17.3 Å². The molecule has 1 heterocycles. The maximum Gasteiger partial charge on any atom is 0.238 e. The van der Waals surface area contributed by atoms with Gasteiger partial charge in [-0.2, -0.15) is 0 Å². The molecule has 0 aliphatic carbocycles. The Bertz CT molecular complexity index is 505. The van der Waals surface area contributed by atoms with Crippen LogP contribution in [0.25, 0.3) is 0 Å². The summed E-state index contributed by atoms with van der Waals surface area (Å²) < 4.78 is 19.0. The molecule has 110 valence electrons. The molecule has 6 heteroatoms. The molecule has 1 aliphatic heterocycles. The van der Waals surface area contributed by atoms with Gasteiger partial charge in [0.25, 0.3) is 0 Å². The van der Waals surface area contributed by atoms with Crippen LogP contribution in [0.5, 0.6) is 0 Å². The van der Waals surface area contributed by atoms with Crippen LogP contribution >= 0.6 is 0 Å². The number of hydrogen-bond donors (Lipinski definition) is 2. The van der Waals surface area contributed by atoms with E-state index in [0.29, 0.717) is 25.4 Å². The molecule has 0 aromatic heterocycles. The van der Waals surface area contributed by atoms with Gasteiger partial charge in [0, 0.05) is 17.8 Å². The van der Waals surface area contributed by atoms with E-state index in [1.807, 2.05) is 18.7 Å². The van der Waals surface area contributed by atoms with Crippen LogP contribution in [0.15, 0.2) is 18.2 Å². The van der Waals surface area contributed by atoms with Gasteiger partial charge in [-0.15, -0.1) is 0 Å². The molecular weight excluding hydrogens is 261 g/mol. The van der Waals surface area contributed by atoms with Crippen molar-refractivity contribution in [2.75, 3.05) is 37.4 Å². The Hall–Kier alpha value is -1.66. The highest BCUT2D eigenvalue weighted by atomic mass is 19.1. The third-order valence-electron chi connectivity index (χ3n) is 3.42. The van der Waals surface area contributed by atoms with Gasteiger partial charge >= 0.3 is 0 Å². The van der Waals surface area contributed by atoms with E-state index in [1.54, 1.807) is 0 Å². The summed E-state index contributed by atoms with van der Waals surface area (Å²) in [7, 11) is 0. The molecule has 0 bridgehead atoms. The molecule has 1 fully saturated rings. The lowest BCUT2D eigenvalue weighted by Gasteiger charge is -2.41. The third-order valence-corrected chi connectivity index (χ3v) is 3.42. The number of nitrogen functional groups attached to an aromatic ring is 1. The number of carbonyl (C=O) groups excluding carboxylic acids is 1. The van der Waals surface area contributed by atoms with E-state index >= 15 is 0 Å². The standard InChI is InChI=1S/C14H20FN3O2/c1-14(2)9-20-6-5-18(14)8-13(19)17-12-7-10(16)3-4-11(12)15/h3-4,7H,5-6,8-9,16H2,1-2H3,(H,17,19). The number of nitrogens with zero attached hydrogens (tertiary/aromatic N) is 1. The molecule has 3 N–H and O–H groups in total. The fourth-order valence-corrected chi connectivity index (χ4v) is 2.19. The molecule has 0 atom stereocenters. The van der Waals surface area contributed by atoms with Crippen molar-refractivity contribution in [3.05, 3.63) is 24.0 Å². The van der Waals surface area contributed by atoms with Gasteiger partial charge in [-0.05, 0) is 32.0 Å². The van der Waals surface area contributed by atoms with Crippen molar-refractivity contribution in [1.82, 2.24) is 4.90 Å². The number of amides is 1. The maximum atomic E-state index is 13.6. The number of ether oxygens (including phenoxy) is 1. The first-order valence-corrected chi connectivity index (χ1v) is 6.56. The van der Waals surface area contributed by atoms with Crippen molar-refractivity contribution in [2.45, 2.75) is 19.4 Å². The average Bonchev–Trinajstić information content (AvgIpc) is 2.36. The second kappa shape index (κ2) is 5.76. The van der Waals surface area contributed by atoms with Crippen molar-refractivity contribution in [2.24, 2.45) is 0 Å². The van der Waals surface area contributed by atoms with Crippen molar-refractivity contribution < 1.29 is 13.9 Å². The highest BCUT2D eigenvalue weighted by Gasteiger charge is 2.31. The Labute approximate surface area is 117 Å². The summed E-state index contributed by atoms with van der Waals surface area (Å²) in [4.78, 5) is 14.1. The molecule has 0 saturated carbocycles. The predicted molar refractivity (Wildman–Crippen MR) is 75.9 cm³/mol. The van der Waals surface area contributed by atoms with Crippen molar-refractivity contribution in [1.29, 1.82) is 0 Å². The normalized spacial score (nSPS) is 18.8. The summed E-state index contributed by atoms with van der Waals surface area (Å²) in [6.07, 6.45) is 0. The van der Waals surface area contributed by atoms with E-state index in [2.05, 4.69) is 5.32 Å². The van der Waals surface area contributed by atoms with E-state index in [-0.39, 0.29) is 23.7 Å². The number of nitrogens with two attached hydrogens (primary N) is 1. The van der Waals surface area contributed by atoms with Crippen LogP contribution in [0.4, 0.5) is 15.8 Å². The smallest absolute Gasteiger partial charge is 0.238 e. The summed E-state index contributed by atoms with van der Waals surface area (Å²) >= 11 is 0. The van der Waals surface area contributed by atoms with Crippen LogP contribution in [0.2, 0.25) is 0 Å². The van der Waals surface area contributed by atoms with Gasteiger partial charge in [0.05, 0.1) is 25.4 Å². The molecule has 0 spiro atoms. The first kappa shape index (κ1) is 14.7. The Balaban J connectivity index is 2.00. The lowest BCUT2D eigenvalue weighted by Crippen LogP contribution is -2.55. The van der Waals surface area contributed by atoms with Gasteiger partial charge in [-0.3, -0.25) is 9.69 Å². The average molecular weight is 281 g/mol. The Morgan fingerprint density at radius 1 is 1.55 bits per heavy atom. The highest BCUT2D eigenvalue weighted by molar-refractivity contribution is 5.92. The zero-order chi connectivity index (χ0) is 14.8. The predicted octanol–water partition coefficient (Wildman–Crippen LogP) is 1.46. The Morgan fingerprint density at radius 2 is 2.30 bits per heavy atom. The van der Waals surface area contributed by atoms with Crippen molar-refractivity contribution in [3.8, 4) is 0 Å². The lowest BCUT2D eigenvalue weighted by molar-refractivity contribution is -0.122. The Morgan fingerprint density at radius 3 is 3.00 bits per heavy atom. The van der Waals surface area contributed by atoms with Crippen LogP contribution in [0.1, 0.15) is 13.8 Å². The molecule has 5 nitrogen and oxygen atoms in total. The minimum atomic E-state index is -0.492. The number of halogens is 1. The SMILES string of the molecule is CC1(C)COCCN1CC(=O)Nc1cc(N)ccc1F. The number of rotatable bonds is 3. The van der Waals surface area contributed by atoms with E-state index in [0.717, 1.165) is 0 Å². The largest absolute Gasteiger partial charge is 0.399 e. The van der Waals surface area contributed by atoms with Crippen LogP contribution in [0.3, 0.4) is 0 Å². The molecule has 1 aromatic rings. The number of benzene rings is 1. The molecule has 0 unspecified atom stereocenters. The number of nitrogens with one attached hydrogen (secondary N) is 1. The third kappa shape index (κ3) is 3.46. The first-order valence-electron chi connectivity index (χ1n) is 6.56. The first-order chi connectivity index (χ1) is 9.38. The molecule has 1 aliphatic rings. The lowest BCUT2D eigenvalue weighted by atomic mass is 10.0. The number of anilines is 2. The quantitative estimate of drug-likeness (QED) is 0.823. The zero-order valence-electron chi connectivity index (χ0n) is 11.8. The van der Waals surface area contributed by atoms with Crippen molar-refractivity contribution in [3.63, 3.8) is 0 Å². The molecular formula is C14H20FN3O2. The second-order valence-electron chi connectivity index (χ2n) is 5.57. The van der Waals surface area contributed by atoms with Gasteiger partial charge in [0.2, 0.25) is 5.91 Å². The number of carbonyl (C=O) groups is 1. The topological polar surface area (TPSA) is 67.6 Å². The summed E-state index contributed by atoms with van der Waals surface area (Å²) in [6.45, 7) is 6.09. The fourth-order valence-electron chi connectivity index (χ4n) is 2.19. The van der Waals surface area contributed by atoms with Gasteiger partial charge in [-0.25, -0.2) is 4.39 Å². The van der Waals surface area contributed by atoms with Crippen LogP contribution < -0.4 is 11.1 Å². The minimum Gasteiger partial charge on any atom is -0.399 e. The van der Waals surface area contributed by atoms with Crippen LogP contribution in [-0.4, -0.2) is 42.6 Å². The molecule has 2 rings (SSSR count). The van der Waals surface area contributed by atoms with Crippen LogP contribution in [-0.2, 0) is 9.53 Å². The van der Waals surface area contributed by atoms with E-state index in [1.165, 1.54) is 18.2 Å².